The van der Waals surface area contributed by atoms with Crippen LogP contribution in [-0.4, -0.2) is 36.4 Å². The molecule has 0 N–H and O–H groups in total. The minimum absolute atomic E-state index is 0.163. The van der Waals surface area contributed by atoms with Gasteiger partial charge in [-0.2, -0.15) is 0 Å². The van der Waals surface area contributed by atoms with E-state index in [1.807, 2.05) is 19.1 Å². The molecule has 0 atom stereocenters. The van der Waals surface area contributed by atoms with Crippen molar-refractivity contribution >= 4 is 22.4 Å². The Bertz CT molecular complexity index is 879. The summed E-state index contributed by atoms with van der Waals surface area (Å²) in [5.74, 6) is -0.474. The highest BCUT2D eigenvalue weighted by molar-refractivity contribution is 7.18. The summed E-state index contributed by atoms with van der Waals surface area (Å²) in [4.78, 5) is 14.5. The number of halogens is 1. The summed E-state index contributed by atoms with van der Waals surface area (Å²) in [6.45, 7) is 2.71. The van der Waals surface area contributed by atoms with Crippen LogP contribution in [0, 0.1) is 12.7 Å². The molecule has 3 rings (SSSR count). The highest BCUT2D eigenvalue weighted by atomic mass is 32.1. The van der Waals surface area contributed by atoms with Crippen molar-refractivity contribution in [1.29, 1.82) is 0 Å². The van der Waals surface area contributed by atoms with E-state index in [0.717, 1.165) is 11.1 Å². The topological polar surface area (TPSA) is 55.3 Å². The third-order valence-electron chi connectivity index (χ3n) is 3.80. The number of rotatable bonds is 6. The molecule has 0 saturated heterocycles. The Morgan fingerprint density at radius 3 is 2.46 bits per heavy atom. The molecule has 0 aliphatic heterocycles. The van der Waals surface area contributed by atoms with Gasteiger partial charge in [0, 0.05) is 18.2 Å². The zero-order valence-corrected chi connectivity index (χ0v) is 15.3. The predicted molar refractivity (Wildman–Crippen MR) is 100 cm³/mol. The summed E-state index contributed by atoms with van der Waals surface area (Å²) in [6.07, 6.45) is 0. The highest BCUT2D eigenvalue weighted by Gasteiger charge is 2.21. The van der Waals surface area contributed by atoms with Crippen molar-refractivity contribution in [2.24, 2.45) is 0 Å². The average molecular weight is 371 g/mol. The van der Waals surface area contributed by atoms with Crippen LogP contribution in [0.1, 0.15) is 15.9 Å². The van der Waals surface area contributed by atoms with Crippen molar-refractivity contribution in [2.75, 3.05) is 25.2 Å². The van der Waals surface area contributed by atoms with Crippen molar-refractivity contribution in [3.8, 4) is 10.6 Å². The van der Waals surface area contributed by atoms with Crippen molar-refractivity contribution in [1.82, 2.24) is 10.2 Å². The molecule has 7 heteroatoms. The van der Waals surface area contributed by atoms with Crippen molar-refractivity contribution in [3.63, 3.8) is 0 Å². The Hall–Kier alpha value is -2.64. The molecule has 5 nitrogen and oxygen atoms in total. The van der Waals surface area contributed by atoms with Gasteiger partial charge < -0.3 is 4.74 Å². The number of hydrogen-bond donors (Lipinski definition) is 0. The standard InChI is InChI=1S/C19H18FN3O2S/c1-13-3-5-15(6-4-13)18(24)23(11-12-25-2)19-22-21-17(26-19)14-7-9-16(20)10-8-14/h3-10H,11-12H2,1-2H3. The van der Waals surface area contributed by atoms with Crippen molar-refractivity contribution in [2.45, 2.75) is 6.92 Å². The van der Waals surface area contributed by atoms with E-state index in [9.17, 15) is 9.18 Å². The molecule has 26 heavy (non-hydrogen) atoms. The average Bonchev–Trinajstić information content (AvgIpc) is 3.13. The number of carbonyl (C=O) groups is 1. The number of nitrogens with zero attached hydrogens (tertiary/aromatic N) is 3. The van der Waals surface area contributed by atoms with Crippen LogP contribution in [-0.2, 0) is 4.74 Å². The number of carbonyl (C=O) groups excluding carboxylic acids is 1. The van der Waals surface area contributed by atoms with Crippen LogP contribution in [0.2, 0.25) is 0 Å². The maximum atomic E-state index is 13.1. The van der Waals surface area contributed by atoms with E-state index in [1.165, 1.54) is 23.5 Å². The lowest BCUT2D eigenvalue weighted by Crippen LogP contribution is -2.33. The molecule has 0 radical (unpaired) electrons. The molecule has 1 amide bonds. The fraction of sp³-hybridized carbons (Fsp3) is 0.211. The number of anilines is 1. The summed E-state index contributed by atoms with van der Waals surface area (Å²) < 4.78 is 18.2. The smallest absolute Gasteiger partial charge is 0.260 e. The van der Waals surface area contributed by atoms with E-state index >= 15 is 0 Å². The van der Waals surface area contributed by atoms with Crippen LogP contribution < -0.4 is 4.90 Å². The lowest BCUT2D eigenvalue weighted by atomic mass is 10.1. The molecule has 0 saturated carbocycles. The molecule has 0 aliphatic rings. The largest absolute Gasteiger partial charge is 0.383 e. The molecule has 1 aromatic heterocycles. The van der Waals surface area contributed by atoms with Gasteiger partial charge in [0.25, 0.3) is 5.91 Å². The van der Waals surface area contributed by atoms with E-state index in [1.54, 1.807) is 36.3 Å². The minimum Gasteiger partial charge on any atom is -0.383 e. The first-order valence-electron chi connectivity index (χ1n) is 8.05. The predicted octanol–water partition coefficient (Wildman–Crippen LogP) is 3.95. The van der Waals surface area contributed by atoms with Gasteiger partial charge in [0.05, 0.1) is 13.2 Å². The third kappa shape index (κ3) is 4.12. The number of benzene rings is 2. The van der Waals surface area contributed by atoms with E-state index in [-0.39, 0.29) is 11.7 Å². The Labute approximate surface area is 155 Å². The summed E-state index contributed by atoms with van der Waals surface area (Å²) in [5.41, 5.74) is 2.41. The van der Waals surface area contributed by atoms with Gasteiger partial charge in [-0.25, -0.2) is 4.39 Å². The quantitative estimate of drug-likeness (QED) is 0.658. The second-order valence-electron chi connectivity index (χ2n) is 5.71. The van der Waals surface area contributed by atoms with E-state index in [2.05, 4.69) is 10.2 Å². The second-order valence-corrected chi connectivity index (χ2v) is 6.67. The normalized spacial score (nSPS) is 10.7. The van der Waals surface area contributed by atoms with Gasteiger partial charge in [0.1, 0.15) is 10.8 Å². The van der Waals surface area contributed by atoms with Crippen molar-refractivity contribution in [3.05, 3.63) is 65.5 Å². The number of ether oxygens (including phenoxy) is 1. The van der Waals surface area contributed by atoms with Crippen molar-refractivity contribution < 1.29 is 13.9 Å². The van der Waals surface area contributed by atoms with Crippen LogP contribution in [0.5, 0.6) is 0 Å². The first-order chi connectivity index (χ1) is 12.6. The monoisotopic (exact) mass is 371 g/mol. The zero-order chi connectivity index (χ0) is 18.5. The Kier molecular flexibility index (Phi) is 5.70. The van der Waals surface area contributed by atoms with E-state index < -0.39 is 0 Å². The molecule has 0 fully saturated rings. The summed E-state index contributed by atoms with van der Waals surface area (Å²) in [5, 5.41) is 9.41. The van der Waals surface area contributed by atoms with Gasteiger partial charge in [-0.3, -0.25) is 9.69 Å². The first kappa shape index (κ1) is 18.2. The van der Waals surface area contributed by atoms with Gasteiger partial charge in [-0.15, -0.1) is 10.2 Å². The Morgan fingerprint density at radius 1 is 1.12 bits per heavy atom. The Morgan fingerprint density at radius 2 is 1.81 bits per heavy atom. The van der Waals surface area contributed by atoms with Crippen LogP contribution in [0.4, 0.5) is 9.52 Å². The summed E-state index contributed by atoms with van der Waals surface area (Å²) in [7, 11) is 1.58. The van der Waals surface area contributed by atoms with Crippen LogP contribution >= 0.6 is 11.3 Å². The van der Waals surface area contributed by atoms with E-state index in [0.29, 0.717) is 28.9 Å². The molecular weight excluding hydrogens is 353 g/mol. The van der Waals surface area contributed by atoms with Gasteiger partial charge in [0.2, 0.25) is 5.13 Å². The first-order valence-corrected chi connectivity index (χ1v) is 8.87. The molecule has 0 aliphatic carbocycles. The SMILES string of the molecule is COCCN(C(=O)c1ccc(C)cc1)c1nnc(-c2ccc(F)cc2)s1. The number of amides is 1. The lowest BCUT2D eigenvalue weighted by Gasteiger charge is -2.19. The molecule has 1 heterocycles. The van der Waals surface area contributed by atoms with Gasteiger partial charge in [-0.1, -0.05) is 29.0 Å². The maximum absolute atomic E-state index is 13.1. The number of aromatic nitrogens is 2. The number of methoxy groups -OCH3 is 1. The third-order valence-corrected chi connectivity index (χ3v) is 4.79. The fourth-order valence-electron chi connectivity index (χ4n) is 2.35. The highest BCUT2D eigenvalue weighted by Crippen LogP contribution is 2.29. The lowest BCUT2D eigenvalue weighted by molar-refractivity contribution is 0.0975. The van der Waals surface area contributed by atoms with Gasteiger partial charge >= 0.3 is 0 Å². The van der Waals surface area contributed by atoms with E-state index in [4.69, 9.17) is 4.74 Å². The molecule has 0 spiro atoms. The van der Waals surface area contributed by atoms with Crippen LogP contribution in [0.15, 0.2) is 48.5 Å². The zero-order valence-electron chi connectivity index (χ0n) is 14.5. The molecule has 0 unspecified atom stereocenters. The summed E-state index contributed by atoms with van der Waals surface area (Å²) in [6, 6.07) is 13.4. The fourth-order valence-corrected chi connectivity index (χ4v) is 3.23. The molecule has 3 aromatic rings. The molecular formula is C19H18FN3O2S. The van der Waals surface area contributed by atoms with Gasteiger partial charge in [-0.05, 0) is 43.3 Å². The summed E-state index contributed by atoms with van der Waals surface area (Å²) >= 11 is 1.28. The Balaban J connectivity index is 1.89. The van der Waals surface area contributed by atoms with Crippen LogP contribution in [0.3, 0.4) is 0 Å². The molecule has 134 valence electrons. The second kappa shape index (κ2) is 8.16. The van der Waals surface area contributed by atoms with Gasteiger partial charge in [0.15, 0.2) is 0 Å². The maximum Gasteiger partial charge on any atom is 0.260 e. The molecule has 2 aromatic carbocycles. The minimum atomic E-state index is -0.310. The number of aryl methyl sites for hydroxylation is 1. The van der Waals surface area contributed by atoms with Crippen LogP contribution in [0.25, 0.3) is 10.6 Å². The number of hydrogen-bond acceptors (Lipinski definition) is 5. The molecule has 0 bridgehead atoms.